The van der Waals surface area contributed by atoms with Gasteiger partial charge in [0.1, 0.15) is 4.83 Å². The van der Waals surface area contributed by atoms with Crippen LogP contribution in [-0.2, 0) is 19.8 Å². The molecule has 3 heterocycles. The topological polar surface area (TPSA) is 64.7 Å². The molecule has 3 aromatic heterocycles. The van der Waals surface area contributed by atoms with E-state index < -0.39 is 17.8 Å². The van der Waals surface area contributed by atoms with Gasteiger partial charge in [-0.25, -0.2) is 0 Å². The third kappa shape index (κ3) is 3.46. The number of amides is 1. The molecule has 10 heteroatoms. The third-order valence-electron chi connectivity index (χ3n) is 3.93. The number of aryl methyl sites for hydroxylation is 3. The molecule has 1 amide bonds. The normalized spacial score (nSPS) is 13.3. The quantitative estimate of drug-likeness (QED) is 0.750. The number of aromatic nitrogens is 4. The Kier molecular flexibility index (Phi) is 4.55. The minimum Gasteiger partial charge on any atom is -0.347 e. The number of hydrogen-bond donors (Lipinski definition) is 1. The Hall–Kier alpha value is -2.36. The number of hydrogen-bond acceptors (Lipinski definition) is 4. The Morgan fingerprint density at radius 3 is 2.58 bits per heavy atom. The highest BCUT2D eigenvalue weighted by atomic mass is 32.1. The second-order valence-electron chi connectivity index (χ2n) is 6.28. The Labute approximate surface area is 151 Å². The maximum absolute atomic E-state index is 13.1. The lowest BCUT2D eigenvalue weighted by molar-refractivity contribution is -0.140. The fraction of sp³-hybridized carbons (Fsp3) is 0.438. The lowest BCUT2D eigenvalue weighted by Gasteiger charge is -2.14. The van der Waals surface area contributed by atoms with Gasteiger partial charge in [0.05, 0.1) is 17.1 Å². The van der Waals surface area contributed by atoms with Gasteiger partial charge in [-0.05, 0) is 32.9 Å². The molecular weight excluding hydrogens is 367 g/mol. The van der Waals surface area contributed by atoms with Gasteiger partial charge >= 0.3 is 6.18 Å². The van der Waals surface area contributed by atoms with E-state index >= 15 is 0 Å². The lowest BCUT2D eigenvalue weighted by Crippen LogP contribution is -2.35. The molecule has 0 radical (unpaired) electrons. The molecule has 6 nitrogen and oxygen atoms in total. The van der Waals surface area contributed by atoms with Crippen LogP contribution in [0.25, 0.3) is 10.2 Å². The van der Waals surface area contributed by atoms with E-state index in [-0.39, 0.29) is 16.3 Å². The van der Waals surface area contributed by atoms with Gasteiger partial charge in [0.25, 0.3) is 5.91 Å². The van der Waals surface area contributed by atoms with Crippen molar-refractivity contribution in [1.82, 2.24) is 24.9 Å². The van der Waals surface area contributed by atoms with Crippen molar-refractivity contribution in [3.05, 3.63) is 34.1 Å². The van der Waals surface area contributed by atoms with E-state index in [0.717, 1.165) is 27.4 Å². The molecule has 0 aliphatic carbocycles. The van der Waals surface area contributed by atoms with Crippen LogP contribution >= 0.6 is 11.3 Å². The average Bonchev–Trinajstić information content (AvgIpc) is 3.14. The first-order valence-electron chi connectivity index (χ1n) is 7.92. The van der Waals surface area contributed by atoms with Gasteiger partial charge in [0, 0.05) is 24.2 Å². The molecule has 0 aromatic carbocycles. The third-order valence-corrected chi connectivity index (χ3v) is 5.13. The van der Waals surface area contributed by atoms with Crippen molar-refractivity contribution in [3.8, 4) is 0 Å². The molecular formula is C16H18F3N5OS. The van der Waals surface area contributed by atoms with Crippen LogP contribution in [-0.4, -0.2) is 31.5 Å². The Morgan fingerprint density at radius 2 is 2.00 bits per heavy atom. The molecule has 3 aromatic rings. The minimum absolute atomic E-state index is 0.0543. The molecule has 1 N–H and O–H groups in total. The summed E-state index contributed by atoms with van der Waals surface area (Å²) >= 11 is 0.990. The van der Waals surface area contributed by atoms with Crippen LogP contribution in [0.5, 0.6) is 0 Å². The summed E-state index contributed by atoms with van der Waals surface area (Å²) < 4.78 is 42.1. The molecule has 1 unspecified atom stereocenters. The number of thiophene rings is 1. The average molecular weight is 385 g/mol. The van der Waals surface area contributed by atoms with Gasteiger partial charge in [0.15, 0.2) is 5.69 Å². The molecule has 140 valence electrons. The first-order chi connectivity index (χ1) is 12.1. The standard InChI is InChI=1S/C16H18F3N5OS/c1-8-5-10(3)24(21-8)7-9(2)20-14(25)12-6-11-13(16(17,18)19)22-23(4)15(11)26-12/h5-6,9H,7H2,1-4H3,(H,20,25). The van der Waals surface area contributed by atoms with E-state index in [4.69, 9.17) is 0 Å². The van der Waals surface area contributed by atoms with Gasteiger partial charge in [-0.2, -0.15) is 23.4 Å². The van der Waals surface area contributed by atoms with Gasteiger partial charge in [-0.3, -0.25) is 14.2 Å². The van der Waals surface area contributed by atoms with Gasteiger partial charge in [0.2, 0.25) is 0 Å². The lowest BCUT2D eigenvalue weighted by atomic mass is 10.2. The summed E-state index contributed by atoms with van der Waals surface area (Å²) in [4.78, 5) is 13.0. The fourth-order valence-corrected chi connectivity index (χ4v) is 3.80. The SMILES string of the molecule is Cc1cc(C)n(CC(C)NC(=O)c2cc3c(C(F)(F)F)nn(C)c3s2)n1. The number of rotatable bonds is 4. The second kappa shape index (κ2) is 6.42. The second-order valence-corrected chi connectivity index (χ2v) is 7.31. The number of alkyl halides is 3. The van der Waals surface area contributed by atoms with E-state index in [1.807, 2.05) is 26.8 Å². The summed E-state index contributed by atoms with van der Waals surface area (Å²) in [7, 11) is 1.43. The molecule has 0 saturated carbocycles. The molecule has 0 spiro atoms. The molecule has 1 atom stereocenters. The van der Waals surface area contributed by atoms with E-state index in [1.54, 1.807) is 4.68 Å². The zero-order valence-electron chi connectivity index (χ0n) is 14.7. The molecule has 26 heavy (non-hydrogen) atoms. The monoisotopic (exact) mass is 385 g/mol. The number of nitrogens with zero attached hydrogens (tertiary/aromatic N) is 4. The van der Waals surface area contributed by atoms with E-state index in [2.05, 4.69) is 15.5 Å². The van der Waals surface area contributed by atoms with Gasteiger partial charge in [-0.15, -0.1) is 11.3 Å². The highest BCUT2D eigenvalue weighted by Gasteiger charge is 2.37. The van der Waals surface area contributed by atoms with Crippen LogP contribution < -0.4 is 5.32 Å². The van der Waals surface area contributed by atoms with Crippen molar-refractivity contribution in [1.29, 1.82) is 0 Å². The van der Waals surface area contributed by atoms with Gasteiger partial charge in [-0.1, -0.05) is 0 Å². The Bertz CT molecular complexity index is 969. The predicted octanol–water partition coefficient (Wildman–Crippen LogP) is 3.29. The Morgan fingerprint density at radius 1 is 1.31 bits per heavy atom. The van der Waals surface area contributed by atoms with Crippen LogP contribution in [0.15, 0.2) is 12.1 Å². The van der Waals surface area contributed by atoms with E-state index in [0.29, 0.717) is 11.4 Å². The molecule has 0 aliphatic heterocycles. The smallest absolute Gasteiger partial charge is 0.347 e. The zero-order chi connectivity index (χ0) is 19.2. The fourth-order valence-electron chi connectivity index (χ4n) is 2.82. The van der Waals surface area contributed by atoms with Crippen LogP contribution in [0.3, 0.4) is 0 Å². The summed E-state index contributed by atoms with van der Waals surface area (Å²) in [6, 6.07) is 2.96. The summed E-state index contributed by atoms with van der Waals surface area (Å²) in [6.07, 6.45) is -4.56. The predicted molar refractivity (Wildman–Crippen MR) is 92.2 cm³/mol. The van der Waals surface area contributed by atoms with Crippen LogP contribution in [0, 0.1) is 13.8 Å². The van der Waals surface area contributed by atoms with Crippen LogP contribution in [0.4, 0.5) is 13.2 Å². The van der Waals surface area contributed by atoms with Crippen molar-refractivity contribution < 1.29 is 18.0 Å². The molecule has 0 aliphatic rings. The maximum Gasteiger partial charge on any atom is 0.435 e. The number of fused-ring (bicyclic) bond motifs is 1. The van der Waals surface area contributed by atoms with Crippen LogP contribution in [0.2, 0.25) is 0 Å². The molecule has 0 bridgehead atoms. The molecule has 0 fully saturated rings. The van der Waals surface area contributed by atoms with Gasteiger partial charge < -0.3 is 5.32 Å². The number of halogens is 3. The Balaban J connectivity index is 1.78. The summed E-state index contributed by atoms with van der Waals surface area (Å²) in [6.45, 7) is 6.11. The van der Waals surface area contributed by atoms with Crippen molar-refractivity contribution in [2.24, 2.45) is 7.05 Å². The van der Waals surface area contributed by atoms with E-state index in [1.165, 1.54) is 13.1 Å². The molecule has 3 rings (SSSR count). The largest absolute Gasteiger partial charge is 0.435 e. The van der Waals surface area contributed by atoms with Crippen molar-refractivity contribution >= 4 is 27.5 Å². The summed E-state index contributed by atoms with van der Waals surface area (Å²) in [5, 5.41) is 10.6. The maximum atomic E-state index is 13.1. The highest BCUT2D eigenvalue weighted by molar-refractivity contribution is 7.20. The number of carbonyl (C=O) groups is 1. The number of carbonyl (C=O) groups excluding carboxylic acids is 1. The minimum atomic E-state index is -4.56. The van der Waals surface area contributed by atoms with Crippen LogP contribution in [0.1, 0.15) is 33.7 Å². The van der Waals surface area contributed by atoms with Crippen molar-refractivity contribution in [3.63, 3.8) is 0 Å². The molecule has 0 saturated heterocycles. The first kappa shape index (κ1) is 18.4. The van der Waals surface area contributed by atoms with Crippen molar-refractivity contribution in [2.45, 2.75) is 39.5 Å². The van der Waals surface area contributed by atoms with E-state index in [9.17, 15) is 18.0 Å². The zero-order valence-corrected chi connectivity index (χ0v) is 15.5. The highest BCUT2D eigenvalue weighted by Crippen LogP contribution is 2.37. The summed E-state index contributed by atoms with van der Waals surface area (Å²) in [5.41, 5.74) is 0.894. The number of nitrogens with one attached hydrogen (secondary N) is 1. The summed E-state index contributed by atoms with van der Waals surface area (Å²) in [5.74, 6) is -0.409. The van der Waals surface area contributed by atoms with Crippen molar-refractivity contribution in [2.75, 3.05) is 0 Å². The first-order valence-corrected chi connectivity index (χ1v) is 8.73.